The molecule has 0 aromatic carbocycles. The molecule has 4 nitrogen and oxygen atoms in total. The molecule has 1 rings (SSSR count). The fourth-order valence-electron chi connectivity index (χ4n) is 0.600. The molecule has 0 unspecified atom stereocenters. The molecule has 0 aliphatic carbocycles. The molecule has 59 valence electrons. The van der Waals surface area contributed by atoms with Crippen molar-refractivity contribution in [1.29, 1.82) is 0 Å². The third kappa shape index (κ3) is 1.91. The molecule has 1 N–H and O–H groups in total. The Morgan fingerprint density at radius 3 is 2.45 bits per heavy atom. The first kappa shape index (κ1) is 8.00. The fourth-order valence-corrected chi connectivity index (χ4v) is 1.16. The van der Waals surface area contributed by atoms with Crippen LogP contribution in [0.1, 0.15) is 0 Å². The number of rotatable bonds is 1. The predicted molar refractivity (Wildman–Crippen MR) is 40.1 cm³/mol. The average molecular weight is 171 g/mol. The lowest BCUT2D eigenvalue weighted by Gasteiger charge is -1.95. The number of sulfone groups is 1. The molecule has 1 heterocycles. The zero-order valence-electron chi connectivity index (χ0n) is 5.90. The monoisotopic (exact) mass is 171 g/mol. The quantitative estimate of drug-likeness (QED) is 0.614. The van der Waals surface area contributed by atoms with Gasteiger partial charge in [-0.3, -0.25) is 5.73 Å². The second-order valence-corrected chi connectivity index (χ2v) is 4.12. The van der Waals surface area contributed by atoms with Crippen LogP contribution in [0.15, 0.2) is 23.4 Å². The summed E-state index contributed by atoms with van der Waals surface area (Å²) in [5.41, 5.74) is 7.24. The molecule has 0 fully saturated rings. The van der Waals surface area contributed by atoms with Gasteiger partial charge >= 0.3 is 0 Å². The lowest BCUT2D eigenvalue weighted by atomic mass is 10.4. The van der Waals surface area contributed by atoms with Gasteiger partial charge in [0.2, 0.25) is 0 Å². The van der Waals surface area contributed by atoms with E-state index >= 15 is 0 Å². The second-order valence-electron chi connectivity index (χ2n) is 2.16. The molecular formula is C6H7N2O2S. The first-order chi connectivity index (χ1) is 5.00. The second kappa shape index (κ2) is 2.50. The van der Waals surface area contributed by atoms with E-state index in [1.54, 1.807) is 0 Å². The zero-order chi connectivity index (χ0) is 8.48. The Bertz CT molecular complexity index is 341. The van der Waals surface area contributed by atoms with Crippen molar-refractivity contribution >= 4 is 15.5 Å². The average Bonchev–Trinajstić information content (AvgIpc) is 1.86. The van der Waals surface area contributed by atoms with E-state index in [0.29, 0.717) is 0 Å². The fraction of sp³-hybridized carbons (Fsp3) is 0.167. The summed E-state index contributed by atoms with van der Waals surface area (Å²) in [4.78, 5) is 3.57. The molecule has 1 aromatic heterocycles. The van der Waals surface area contributed by atoms with Gasteiger partial charge in [0, 0.05) is 6.26 Å². The van der Waals surface area contributed by atoms with Gasteiger partial charge in [-0.05, 0) is 12.1 Å². The summed E-state index contributed by atoms with van der Waals surface area (Å²) < 4.78 is 21.6. The molecular weight excluding hydrogens is 164 g/mol. The Hall–Kier alpha value is -1.10. The summed E-state index contributed by atoms with van der Waals surface area (Å²) in [6.45, 7) is 0. The SMILES string of the molecule is CS(=O)(=O)c1ccc([NH])cn1. The maximum Gasteiger partial charge on any atom is 0.192 e. The highest BCUT2D eigenvalue weighted by Gasteiger charge is 2.06. The Balaban J connectivity index is 3.20. The minimum atomic E-state index is -3.21. The molecule has 0 saturated carbocycles. The molecule has 0 spiro atoms. The van der Waals surface area contributed by atoms with Crippen molar-refractivity contribution in [3.63, 3.8) is 0 Å². The highest BCUT2D eigenvalue weighted by Crippen LogP contribution is 2.07. The summed E-state index contributed by atoms with van der Waals surface area (Å²) >= 11 is 0. The molecule has 1 radical (unpaired) electrons. The van der Waals surface area contributed by atoms with E-state index < -0.39 is 9.84 Å². The van der Waals surface area contributed by atoms with Crippen LogP contribution in [0.2, 0.25) is 0 Å². The summed E-state index contributed by atoms with van der Waals surface area (Å²) in [6, 6.07) is 2.71. The van der Waals surface area contributed by atoms with Gasteiger partial charge in [0.1, 0.15) is 0 Å². The number of nitrogens with one attached hydrogen (secondary N) is 1. The maximum absolute atomic E-state index is 10.8. The van der Waals surface area contributed by atoms with Crippen molar-refractivity contribution in [3.05, 3.63) is 18.3 Å². The van der Waals surface area contributed by atoms with E-state index in [0.717, 1.165) is 6.26 Å². The highest BCUT2D eigenvalue weighted by atomic mass is 32.2. The smallest absolute Gasteiger partial charge is 0.192 e. The standard InChI is InChI=1S/C6H7N2O2S/c1-11(9,10)6-3-2-5(7)4-8-6/h2-4,7H,1H3. The Labute approximate surface area is 65.0 Å². The zero-order valence-corrected chi connectivity index (χ0v) is 6.72. The van der Waals surface area contributed by atoms with Crippen LogP contribution in [0.5, 0.6) is 0 Å². The lowest BCUT2D eigenvalue weighted by Crippen LogP contribution is -1.99. The van der Waals surface area contributed by atoms with Gasteiger partial charge in [0.05, 0.1) is 11.9 Å². The van der Waals surface area contributed by atoms with E-state index in [9.17, 15) is 8.42 Å². The van der Waals surface area contributed by atoms with Gasteiger partial charge in [-0.1, -0.05) is 0 Å². The summed E-state index contributed by atoms with van der Waals surface area (Å²) in [5.74, 6) is 0. The van der Waals surface area contributed by atoms with E-state index in [4.69, 9.17) is 5.73 Å². The van der Waals surface area contributed by atoms with Gasteiger partial charge in [0.15, 0.2) is 14.9 Å². The molecule has 0 saturated heterocycles. The molecule has 0 amide bonds. The first-order valence-electron chi connectivity index (χ1n) is 2.88. The molecule has 0 atom stereocenters. The van der Waals surface area contributed by atoms with E-state index in [1.165, 1.54) is 18.3 Å². The molecule has 0 aliphatic rings. The lowest BCUT2D eigenvalue weighted by molar-refractivity contribution is 0.598. The highest BCUT2D eigenvalue weighted by molar-refractivity contribution is 7.90. The van der Waals surface area contributed by atoms with Gasteiger partial charge in [0.25, 0.3) is 0 Å². The minimum absolute atomic E-state index is 0.00787. The van der Waals surface area contributed by atoms with Crippen LogP contribution in [0.25, 0.3) is 0 Å². The number of aromatic nitrogens is 1. The molecule has 0 aliphatic heterocycles. The van der Waals surface area contributed by atoms with E-state index in [2.05, 4.69) is 4.98 Å². The topological polar surface area (TPSA) is 70.8 Å². The van der Waals surface area contributed by atoms with Crippen molar-refractivity contribution in [2.45, 2.75) is 5.03 Å². The summed E-state index contributed by atoms with van der Waals surface area (Å²) in [6.07, 6.45) is 2.29. The Kier molecular flexibility index (Phi) is 1.82. The number of hydrogen-bond donors (Lipinski definition) is 0. The van der Waals surface area contributed by atoms with Crippen LogP contribution in [0.3, 0.4) is 0 Å². The predicted octanol–water partition coefficient (Wildman–Crippen LogP) is 0.400. The summed E-state index contributed by atoms with van der Waals surface area (Å²) in [5, 5.41) is 0.00787. The van der Waals surface area contributed by atoms with Gasteiger partial charge < -0.3 is 0 Å². The van der Waals surface area contributed by atoms with Crippen LogP contribution in [0.4, 0.5) is 5.69 Å². The van der Waals surface area contributed by atoms with Gasteiger partial charge in [-0.15, -0.1) is 0 Å². The summed E-state index contributed by atoms with van der Waals surface area (Å²) in [7, 11) is -3.21. The van der Waals surface area contributed by atoms with E-state index in [1.807, 2.05) is 0 Å². The van der Waals surface area contributed by atoms with Gasteiger partial charge in [-0.25, -0.2) is 13.4 Å². The number of pyridine rings is 1. The third-order valence-corrected chi connectivity index (χ3v) is 2.12. The van der Waals surface area contributed by atoms with Crippen LogP contribution in [-0.2, 0) is 9.84 Å². The first-order valence-corrected chi connectivity index (χ1v) is 4.77. The largest absolute Gasteiger partial charge is 0.299 e. The number of hydrogen-bond acceptors (Lipinski definition) is 3. The Morgan fingerprint density at radius 2 is 2.09 bits per heavy atom. The molecule has 5 heteroatoms. The van der Waals surface area contributed by atoms with Crippen molar-refractivity contribution in [3.8, 4) is 0 Å². The minimum Gasteiger partial charge on any atom is -0.299 e. The molecule has 1 aromatic rings. The van der Waals surface area contributed by atoms with Crippen molar-refractivity contribution < 1.29 is 8.42 Å². The van der Waals surface area contributed by atoms with Crippen LogP contribution in [-0.4, -0.2) is 19.7 Å². The van der Waals surface area contributed by atoms with Crippen molar-refractivity contribution in [2.75, 3.05) is 6.26 Å². The molecule has 0 bridgehead atoms. The third-order valence-electron chi connectivity index (χ3n) is 1.12. The van der Waals surface area contributed by atoms with Crippen molar-refractivity contribution in [1.82, 2.24) is 10.7 Å². The van der Waals surface area contributed by atoms with Crippen LogP contribution >= 0.6 is 0 Å². The van der Waals surface area contributed by atoms with Gasteiger partial charge in [-0.2, -0.15) is 0 Å². The number of nitrogens with zero attached hydrogens (tertiary/aromatic N) is 1. The van der Waals surface area contributed by atoms with Crippen LogP contribution in [0, 0.1) is 0 Å². The van der Waals surface area contributed by atoms with E-state index in [-0.39, 0.29) is 10.7 Å². The molecule has 11 heavy (non-hydrogen) atoms. The Morgan fingerprint density at radius 1 is 1.45 bits per heavy atom. The maximum atomic E-state index is 10.8. The normalized spacial score (nSPS) is 11.4. The van der Waals surface area contributed by atoms with Crippen molar-refractivity contribution in [2.24, 2.45) is 0 Å². The van der Waals surface area contributed by atoms with Crippen LogP contribution < -0.4 is 5.73 Å².